The highest BCUT2D eigenvalue weighted by Gasteiger charge is 2.48. The highest BCUT2D eigenvalue weighted by molar-refractivity contribution is 7.66. The van der Waals surface area contributed by atoms with E-state index in [1.807, 2.05) is 0 Å². The predicted octanol–water partition coefficient (Wildman–Crippen LogP) is 0.387. The van der Waals surface area contributed by atoms with Gasteiger partial charge in [-0.25, -0.2) is 22.9 Å². The summed E-state index contributed by atoms with van der Waals surface area (Å²) < 4.78 is 66.1. The first-order chi connectivity index (χ1) is 14.3. The topological polar surface area (TPSA) is 250 Å². The Labute approximate surface area is 180 Å². The molecule has 0 saturated carbocycles. The van der Waals surface area contributed by atoms with E-state index in [1.54, 1.807) is 0 Å². The number of nitrogens with zero attached hydrogens (tertiary/aromatic N) is 2. The molecule has 0 radical (unpaired) electrons. The standard InChI is InChI=1S/C12H23FN3O13P3/c1-7(2)12(10(13)17,27-8(3)16-5-4-9(14)15-11(16)18)6-26-31(22,23)29-32(24,25)28-30(19,20)21/h4-5,7-8,10,17H,6H2,1-3H3,(H,22,23)(H,24,25)(H2,14,15,18)(H2,19,20,21)/t8-,10-,12?/m1/s1. The van der Waals surface area contributed by atoms with Gasteiger partial charge in [0.1, 0.15) is 12.0 Å². The van der Waals surface area contributed by atoms with Crippen LogP contribution in [0, 0.1) is 5.92 Å². The third-order valence-corrected chi connectivity index (χ3v) is 7.67. The monoisotopic (exact) mass is 529 g/mol. The van der Waals surface area contributed by atoms with Crippen molar-refractivity contribution in [3.63, 3.8) is 0 Å². The molecule has 0 aliphatic carbocycles. The molecule has 0 amide bonds. The number of halogens is 1. The summed E-state index contributed by atoms with van der Waals surface area (Å²) in [5.74, 6) is -1.14. The van der Waals surface area contributed by atoms with Crippen molar-refractivity contribution in [2.45, 2.75) is 39.0 Å². The van der Waals surface area contributed by atoms with E-state index in [0.717, 1.165) is 10.8 Å². The normalized spacial score (nSPS) is 20.2. The van der Waals surface area contributed by atoms with Gasteiger partial charge in [0.05, 0.1) is 6.61 Å². The molecule has 20 heteroatoms. The lowest BCUT2D eigenvalue weighted by molar-refractivity contribution is -0.243. The Bertz CT molecular complexity index is 988. The van der Waals surface area contributed by atoms with Gasteiger partial charge in [0.15, 0.2) is 5.60 Å². The summed E-state index contributed by atoms with van der Waals surface area (Å²) >= 11 is 0. The molecule has 0 aromatic carbocycles. The van der Waals surface area contributed by atoms with Crippen molar-refractivity contribution in [3.8, 4) is 0 Å². The molecule has 0 fully saturated rings. The summed E-state index contributed by atoms with van der Waals surface area (Å²) in [6.45, 7) is 2.55. The van der Waals surface area contributed by atoms with Crippen LogP contribution >= 0.6 is 23.5 Å². The average molecular weight is 529 g/mol. The molecule has 5 atom stereocenters. The molecule has 7 N–H and O–H groups in total. The van der Waals surface area contributed by atoms with Crippen LogP contribution in [0.2, 0.25) is 0 Å². The van der Waals surface area contributed by atoms with Crippen LogP contribution in [0.4, 0.5) is 10.2 Å². The summed E-state index contributed by atoms with van der Waals surface area (Å²) in [4.78, 5) is 51.2. The van der Waals surface area contributed by atoms with Crippen LogP contribution in [-0.4, -0.2) is 52.8 Å². The second-order valence-electron chi connectivity index (χ2n) is 6.57. The molecule has 186 valence electrons. The number of hydrogen-bond donors (Lipinski definition) is 6. The molecule has 1 rings (SSSR count). The SMILES string of the molecule is CC(C)C(COP(=O)(O)OP(=O)(O)OP(=O)(O)O)(O[C@H](C)n1ccc(N)nc1=O)[C@@H](O)F. The van der Waals surface area contributed by atoms with Crippen molar-refractivity contribution in [1.82, 2.24) is 9.55 Å². The van der Waals surface area contributed by atoms with E-state index in [-0.39, 0.29) is 5.82 Å². The van der Waals surface area contributed by atoms with Gasteiger partial charge in [0.25, 0.3) is 0 Å². The minimum atomic E-state index is -5.82. The van der Waals surface area contributed by atoms with Crippen molar-refractivity contribution < 1.29 is 60.6 Å². The Kier molecular flexibility index (Phi) is 9.48. The molecular formula is C12H23FN3O13P3. The lowest BCUT2D eigenvalue weighted by Gasteiger charge is -2.39. The minimum absolute atomic E-state index is 0.119. The largest absolute Gasteiger partial charge is 0.490 e. The predicted molar refractivity (Wildman–Crippen MR) is 103 cm³/mol. The number of nitrogen functional groups attached to an aromatic ring is 1. The average Bonchev–Trinajstić information content (AvgIpc) is 2.54. The van der Waals surface area contributed by atoms with Crippen molar-refractivity contribution in [3.05, 3.63) is 22.7 Å². The number of nitrogens with two attached hydrogens (primary N) is 1. The Morgan fingerprint density at radius 1 is 1.16 bits per heavy atom. The van der Waals surface area contributed by atoms with Crippen LogP contribution in [0.1, 0.15) is 27.0 Å². The second kappa shape index (κ2) is 10.5. The van der Waals surface area contributed by atoms with Crippen LogP contribution in [0.25, 0.3) is 0 Å². The minimum Gasteiger partial charge on any atom is -0.383 e. The number of rotatable bonds is 12. The molecule has 0 spiro atoms. The zero-order valence-corrected chi connectivity index (χ0v) is 19.5. The number of aromatic nitrogens is 2. The van der Waals surface area contributed by atoms with Gasteiger partial charge in [0, 0.05) is 6.20 Å². The van der Waals surface area contributed by atoms with Crippen LogP contribution in [-0.2, 0) is 31.6 Å². The third kappa shape index (κ3) is 8.37. The number of anilines is 1. The number of phosphoric ester groups is 1. The van der Waals surface area contributed by atoms with Gasteiger partial charge < -0.3 is 35.2 Å². The summed E-state index contributed by atoms with van der Waals surface area (Å²) in [5, 5.41) is 9.69. The van der Waals surface area contributed by atoms with E-state index in [4.69, 9.17) is 20.3 Å². The molecule has 0 aliphatic heterocycles. The van der Waals surface area contributed by atoms with Crippen molar-refractivity contribution in [2.75, 3.05) is 12.3 Å². The first kappa shape index (κ1) is 29.0. The second-order valence-corrected chi connectivity index (χ2v) is 11.0. The summed E-state index contributed by atoms with van der Waals surface area (Å²) in [6, 6.07) is 1.22. The highest BCUT2D eigenvalue weighted by atomic mass is 31.3. The summed E-state index contributed by atoms with van der Waals surface area (Å²) in [7, 11) is -17.1. The van der Waals surface area contributed by atoms with Crippen LogP contribution in [0.5, 0.6) is 0 Å². The third-order valence-electron chi connectivity index (χ3n) is 3.88. The smallest absolute Gasteiger partial charge is 0.383 e. The quantitative estimate of drug-likeness (QED) is 0.200. The first-order valence-electron chi connectivity index (χ1n) is 8.43. The Morgan fingerprint density at radius 3 is 2.16 bits per heavy atom. The van der Waals surface area contributed by atoms with E-state index in [0.29, 0.717) is 0 Å². The van der Waals surface area contributed by atoms with Crippen molar-refractivity contribution in [2.24, 2.45) is 5.92 Å². The number of alkyl halides is 1. The van der Waals surface area contributed by atoms with E-state index in [2.05, 4.69) is 18.1 Å². The maximum Gasteiger partial charge on any atom is 0.490 e. The van der Waals surface area contributed by atoms with Gasteiger partial charge in [0.2, 0.25) is 6.36 Å². The van der Waals surface area contributed by atoms with Gasteiger partial charge in [-0.15, -0.1) is 0 Å². The van der Waals surface area contributed by atoms with Crippen molar-refractivity contribution >= 4 is 29.3 Å². The maximum atomic E-state index is 14.2. The number of phosphoric acid groups is 3. The lowest BCUT2D eigenvalue weighted by atomic mass is 9.90. The van der Waals surface area contributed by atoms with Crippen LogP contribution < -0.4 is 11.4 Å². The Balaban J connectivity index is 3.14. The Morgan fingerprint density at radius 2 is 1.72 bits per heavy atom. The van der Waals surface area contributed by atoms with E-state index in [9.17, 15) is 37.8 Å². The molecule has 1 aromatic heterocycles. The van der Waals surface area contributed by atoms with Crippen molar-refractivity contribution in [1.29, 1.82) is 0 Å². The number of aliphatic hydroxyl groups is 1. The zero-order chi connectivity index (χ0) is 25.1. The molecule has 16 nitrogen and oxygen atoms in total. The van der Waals surface area contributed by atoms with E-state index in [1.165, 1.54) is 26.8 Å². The summed E-state index contributed by atoms with van der Waals surface area (Å²) in [5.41, 5.74) is 2.02. The van der Waals surface area contributed by atoms with Gasteiger partial charge in [-0.2, -0.15) is 13.6 Å². The molecule has 3 unspecified atom stereocenters. The first-order valence-corrected chi connectivity index (χ1v) is 13.0. The fraction of sp³-hybridized carbons (Fsp3) is 0.667. The molecule has 1 heterocycles. The maximum absolute atomic E-state index is 14.2. The molecule has 1 aromatic rings. The molecule has 0 saturated heterocycles. The molecule has 0 aliphatic rings. The zero-order valence-electron chi connectivity index (χ0n) is 16.8. The molecule has 0 bridgehead atoms. The van der Waals surface area contributed by atoms with Gasteiger partial charge >= 0.3 is 29.2 Å². The number of hydrogen-bond acceptors (Lipinski definition) is 11. The molecular weight excluding hydrogens is 506 g/mol. The lowest BCUT2D eigenvalue weighted by Crippen LogP contribution is -2.52. The van der Waals surface area contributed by atoms with Gasteiger partial charge in [-0.05, 0) is 18.9 Å². The fourth-order valence-electron chi connectivity index (χ4n) is 2.30. The molecule has 32 heavy (non-hydrogen) atoms. The van der Waals surface area contributed by atoms with E-state index >= 15 is 0 Å². The van der Waals surface area contributed by atoms with Crippen LogP contribution in [0.3, 0.4) is 0 Å². The van der Waals surface area contributed by atoms with E-state index < -0.39 is 59.9 Å². The number of aliphatic hydroxyl groups excluding tert-OH is 1. The summed E-state index contributed by atoms with van der Waals surface area (Å²) in [6.07, 6.45) is -3.09. The van der Waals surface area contributed by atoms with Gasteiger partial charge in [-0.3, -0.25) is 9.09 Å². The van der Waals surface area contributed by atoms with Gasteiger partial charge in [-0.1, -0.05) is 13.8 Å². The fourth-order valence-corrected chi connectivity index (χ4v) is 5.36. The highest BCUT2D eigenvalue weighted by Crippen LogP contribution is 2.66. The van der Waals surface area contributed by atoms with Crippen LogP contribution in [0.15, 0.2) is 17.1 Å². The number of ether oxygens (including phenoxy) is 1. The Hall–Kier alpha value is -1.06.